The molecule has 2 aromatic heterocycles. The van der Waals surface area contributed by atoms with E-state index in [4.69, 9.17) is 0 Å². The lowest BCUT2D eigenvalue weighted by Crippen LogP contribution is -2.33. The summed E-state index contributed by atoms with van der Waals surface area (Å²) in [6.07, 6.45) is 14.4. The van der Waals surface area contributed by atoms with E-state index in [1.165, 1.54) is 38.5 Å². The molecule has 0 radical (unpaired) electrons. The average molecular weight is 787 g/mol. The summed E-state index contributed by atoms with van der Waals surface area (Å²) in [7, 11) is 0. The lowest BCUT2D eigenvalue weighted by Gasteiger charge is -2.07. The number of hydrogen-bond acceptors (Lipinski definition) is 6. The van der Waals surface area contributed by atoms with Gasteiger partial charge in [0.05, 0.1) is 11.1 Å². The van der Waals surface area contributed by atoms with Gasteiger partial charge in [0.25, 0.3) is 23.4 Å². The van der Waals surface area contributed by atoms with Crippen molar-refractivity contribution in [1.29, 1.82) is 0 Å². The number of aromatic amines is 2. The van der Waals surface area contributed by atoms with Crippen molar-refractivity contribution in [3.63, 3.8) is 0 Å². The third-order valence-corrected chi connectivity index (χ3v) is 9.26. The number of fused-ring (bicyclic) bond motifs is 2. The number of halogens is 2. The predicted molar refractivity (Wildman–Crippen MR) is 199 cm³/mol. The highest BCUT2D eigenvalue weighted by molar-refractivity contribution is 9.10. The first-order valence-electron chi connectivity index (χ1n) is 16.9. The number of Topliss-reactive ketones (excluding diaryl/α,β-unsaturated/α-hetero) is 2. The largest absolute Gasteiger partial charge is 0.360 e. The minimum Gasteiger partial charge on any atom is -0.360 e. The van der Waals surface area contributed by atoms with Gasteiger partial charge in [-0.05, 0) is 76.1 Å². The number of benzene rings is 2. The summed E-state index contributed by atoms with van der Waals surface area (Å²) in [5, 5.41) is 13.8. The fourth-order valence-corrected chi connectivity index (χ4v) is 6.34. The number of hydrogen-bond donors (Lipinski definition) is 6. The van der Waals surface area contributed by atoms with Gasteiger partial charge in [0.15, 0.2) is 0 Å². The first-order chi connectivity index (χ1) is 23.3. The predicted octanol–water partition coefficient (Wildman–Crippen LogP) is 6.55. The molecule has 4 rings (SSSR count). The molecule has 12 heteroatoms. The van der Waals surface area contributed by atoms with Crippen molar-refractivity contribution in [3.05, 3.63) is 68.9 Å². The number of nitrogens with one attached hydrogen (secondary N) is 6. The minimum absolute atomic E-state index is 0.393. The second kappa shape index (κ2) is 20.3. The van der Waals surface area contributed by atoms with E-state index < -0.39 is 23.4 Å². The van der Waals surface area contributed by atoms with Crippen molar-refractivity contribution >= 4 is 77.0 Å². The maximum atomic E-state index is 12.5. The fourth-order valence-electron chi connectivity index (χ4n) is 5.62. The van der Waals surface area contributed by atoms with Crippen LogP contribution in [0.4, 0.5) is 0 Å². The molecule has 258 valence electrons. The van der Waals surface area contributed by atoms with Crippen molar-refractivity contribution in [2.45, 2.75) is 64.2 Å². The first-order valence-corrected chi connectivity index (χ1v) is 18.5. The lowest BCUT2D eigenvalue weighted by molar-refractivity contribution is -0.117. The molecule has 10 nitrogen and oxygen atoms in total. The van der Waals surface area contributed by atoms with E-state index >= 15 is 0 Å². The highest BCUT2D eigenvalue weighted by Gasteiger charge is 2.20. The van der Waals surface area contributed by atoms with Crippen LogP contribution in [0, 0.1) is 0 Å². The molecule has 0 spiro atoms. The SMILES string of the molecule is O=C(NCCCNCCCCCCCCCCNCCCNC(=O)C(=O)c1c[nH]c2cc(Br)ccc12)C(=O)c1c[nH]c2cc(Br)ccc12. The molecule has 0 fully saturated rings. The zero-order valence-corrected chi connectivity index (χ0v) is 30.5. The van der Waals surface area contributed by atoms with Crippen molar-refractivity contribution in [2.75, 3.05) is 39.3 Å². The van der Waals surface area contributed by atoms with E-state index in [1.807, 2.05) is 36.4 Å². The van der Waals surface area contributed by atoms with Gasteiger partial charge in [0.2, 0.25) is 0 Å². The van der Waals surface area contributed by atoms with Crippen molar-refractivity contribution in [3.8, 4) is 0 Å². The standard InChI is InChI=1S/C36H46Br2N6O4/c37-25-11-13-27-29(23-43-31(27)21-25)33(45)35(47)41-19-9-17-39-15-7-5-3-1-2-4-6-8-16-40-18-10-20-42-36(48)34(46)30-24-44-32-22-26(38)12-14-28(30)32/h11-14,21-24,39-40,43-44H,1-10,15-20H2,(H,41,47)(H,42,48). The molecule has 0 unspecified atom stereocenters. The first kappa shape index (κ1) is 37.5. The van der Waals surface area contributed by atoms with E-state index in [9.17, 15) is 19.2 Å². The number of carbonyl (C=O) groups is 4. The Hall–Kier alpha value is -3.32. The Kier molecular flexibility index (Phi) is 15.8. The summed E-state index contributed by atoms with van der Waals surface area (Å²) >= 11 is 6.82. The van der Waals surface area contributed by atoms with E-state index in [0.29, 0.717) is 24.2 Å². The van der Waals surface area contributed by atoms with Gasteiger partial charge in [-0.3, -0.25) is 19.2 Å². The molecule has 4 aromatic rings. The molecule has 0 aliphatic rings. The van der Waals surface area contributed by atoms with Crippen LogP contribution in [0.25, 0.3) is 21.8 Å². The van der Waals surface area contributed by atoms with E-state index in [0.717, 1.165) is 82.6 Å². The third-order valence-electron chi connectivity index (χ3n) is 8.28. The Bertz CT molecular complexity index is 1540. The maximum absolute atomic E-state index is 12.5. The smallest absolute Gasteiger partial charge is 0.292 e. The molecule has 0 saturated heterocycles. The van der Waals surface area contributed by atoms with Crippen LogP contribution in [0.15, 0.2) is 57.7 Å². The summed E-state index contributed by atoms with van der Waals surface area (Å²) in [5.74, 6) is -2.18. The van der Waals surface area contributed by atoms with Crippen molar-refractivity contribution in [1.82, 2.24) is 31.2 Å². The van der Waals surface area contributed by atoms with E-state index in [-0.39, 0.29) is 0 Å². The monoisotopic (exact) mass is 784 g/mol. The molecule has 6 N–H and O–H groups in total. The van der Waals surface area contributed by atoms with Gasteiger partial charge in [-0.1, -0.05) is 82.5 Å². The van der Waals surface area contributed by atoms with Crippen LogP contribution in [-0.4, -0.2) is 72.6 Å². The minimum atomic E-state index is -0.570. The molecular formula is C36H46Br2N6O4. The summed E-state index contributed by atoms with van der Waals surface area (Å²) < 4.78 is 1.82. The van der Waals surface area contributed by atoms with Crippen LogP contribution in [0.1, 0.15) is 84.9 Å². The molecule has 2 amide bonds. The number of amides is 2. The Labute approximate surface area is 298 Å². The molecule has 2 heterocycles. The maximum Gasteiger partial charge on any atom is 0.292 e. The number of rotatable bonds is 23. The molecule has 48 heavy (non-hydrogen) atoms. The van der Waals surface area contributed by atoms with Gasteiger partial charge in [-0.2, -0.15) is 0 Å². The number of unbranched alkanes of at least 4 members (excludes halogenated alkanes) is 7. The zero-order chi connectivity index (χ0) is 34.1. The summed E-state index contributed by atoms with van der Waals surface area (Å²) in [4.78, 5) is 55.8. The highest BCUT2D eigenvalue weighted by atomic mass is 79.9. The van der Waals surface area contributed by atoms with Gasteiger partial charge in [0, 0.05) is 56.2 Å². The Morgan fingerprint density at radius 2 is 0.875 bits per heavy atom. The van der Waals surface area contributed by atoms with Crippen LogP contribution in [0.2, 0.25) is 0 Å². The summed E-state index contributed by atoms with van der Waals surface area (Å²) in [5.41, 5.74) is 2.42. The van der Waals surface area contributed by atoms with Gasteiger partial charge in [-0.15, -0.1) is 0 Å². The molecule has 0 atom stereocenters. The van der Waals surface area contributed by atoms with Crippen LogP contribution in [0.3, 0.4) is 0 Å². The molecule has 0 bridgehead atoms. The summed E-state index contributed by atoms with van der Waals surface area (Å²) in [6, 6.07) is 11.1. The van der Waals surface area contributed by atoms with Crippen LogP contribution in [-0.2, 0) is 9.59 Å². The van der Waals surface area contributed by atoms with Gasteiger partial charge < -0.3 is 31.2 Å². The number of carbonyl (C=O) groups excluding carboxylic acids is 4. The highest BCUT2D eigenvalue weighted by Crippen LogP contribution is 2.24. The molecule has 0 saturated carbocycles. The third kappa shape index (κ3) is 11.7. The van der Waals surface area contributed by atoms with Crippen molar-refractivity contribution < 1.29 is 19.2 Å². The second-order valence-corrected chi connectivity index (χ2v) is 13.8. The molecular weight excluding hydrogens is 740 g/mol. The Balaban J connectivity index is 0.885. The van der Waals surface area contributed by atoms with Gasteiger partial charge in [-0.25, -0.2) is 0 Å². The zero-order valence-electron chi connectivity index (χ0n) is 27.3. The quantitative estimate of drug-likeness (QED) is 0.0286. The molecule has 0 aliphatic carbocycles. The normalized spacial score (nSPS) is 11.3. The molecule has 2 aromatic carbocycles. The summed E-state index contributed by atoms with van der Waals surface area (Å²) in [6.45, 7) is 4.47. The Morgan fingerprint density at radius 1 is 0.500 bits per heavy atom. The molecule has 0 aliphatic heterocycles. The Morgan fingerprint density at radius 3 is 1.29 bits per heavy atom. The number of H-pyrrole nitrogens is 2. The fraction of sp³-hybridized carbons (Fsp3) is 0.444. The van der Waals surface area contributed by atoms with E-state index in [1.54, 1.807) is 12.4 Å². The topological polar surface area (TPSA) is 148 Å². The second-order valence-electron chi connectivity index (χ2n) is 12.0. The van der Waals surface area contributed by atoms with Crippen LogP contribution < -0.4 is 21.3 Å². The van der Waals surface area contributed by atoms with Crippen LogP contribution in [0.5, 0.6) is 0 Å². The average Bonchev–Trinajstić information content (AvgIpc) is 3.70. The number of aromatic nitrogens is 2. The van der Waals surface area contributed by atoms with Crippen molar-refractivity contribution in [2.24, 2.45) is 0 Å². The number of ketones is 2. The lowest BCUT2D eigenvalue weighted by atomic mass is 10.1. The van der Waals surface area contributed by atoms with Gasteiger partial charge >= 0.3 is 0 Å². The van der Waals surface area contributed by atoms with Gasteiger partial charge in [0.1, 0.15) is 0 Å². The van der Waals surface area contributed by atoms with Crippen LogP contribution >= 0.6 is 31.9 Å². The van der Waals surface area contributed by atoms with E-state index in [2.05, 4.69) is 63.1 Å².